The molecule has 142 valence electrons. The maximum atomic E-state index is 12.5. The number of carbonyl (C=O) groups is 4. The minimum Gasteiger partial charge on any atom is -0.338 e. The van der Waals surface area contributed by atoms with Crippen LogP contribution in [0.5, 0.6) is 0 Å². The van der Waals surface area contributed by atoms with Crippen molar-refractivity contribution in [1.29, 1.82) is 0 Å². The van der Waals surface area contributed by atoms with Gasteiger partial charge in [-0.05, 0) is 6.07 Å². The van der Waals surface area contributed by atoms with E-state index in [4.69, 9.17) is 11.6 Å². The van der Waals surface area contributed by atoms with Crippen LogP contribution < -0.4 is 0 Å². The van der Waals surface area contributed by atoms with Gasteiger partial charge in [0.2, 0.25) is 11.8 Å². The summed E-state index contributed by atoms with van der Waals surface area (Å²) in [6.07, 6.45) is 0. The maximum Gasteiger partial charge on any atom is 0.270 e. The molecule has 10 nitrogen and oxygen atoms in total. The topological polar surface area (TPSA) is 121 Å². The third kappa shape index (κ3) is 3.47. The standard InChI is InChI=1S/C16H15ClN4O6/c17-8-13(22)18-3-5-19(6-4-18)14(23)9-20-15(24)11-2-1-10(21(26)27)7-12(11)16(20)25/h1-2,7H,3-6,8-9H2. The van der Waals surface area contributed by atoms with Crippen LogP contribution in [-0.4, -0.2) is 81.9 Å². The molecule has 27 heavy (non-hydrogen) atoms. The summed E-state index contributed by atoms with van der Waals surface area (Å²) >= 11 is 5.51. The van der Waals surface area contributed by atoms with E-state index >= 15 is 0 Å². The first kappa shape index (κ1) is 18.8. The number of hydrogen-bond donors (Lipinski definition) is 0. The Morgan fingerprint density at radius 2 is 1.56 bits per heavy atom. The van der Waals surface area contributed by atoms with Crippen LogP contribution in [0.1, 0.15) is 20.7 Å². The zero-order chi connectivity index (χ0) is 19.7. The van der Waals surface area contributed by atoms with Crippen molar-refractivity contribution < 1.29 is 24.1 Å². The molecule has 4 amide bonds. The number of amides is 4. The molecular weight excluding hydrogens is 380 g/mol. The zero-order valence-electron chi connectivity index (χ0n) is 14.1. The number of fused-ring (bicyclic) bond motifs is 1. The fourth-order valence-electron chi connectivity index (χ4n) is 3.06. The SMILES string of the molecule is O=C(CCl)N1CCN(C(=O)CN2C(=O)c3ccc([N+](=O)[O-])cc3C2=O)CC1. The Morgan fingerprint density at radius 1 is 1.00 bits per heavy atom. The molecule has 2 aliphatic heterocycles. The minimum absolute atomic E-state index is 0.0379. The van der Waals surface area contributed by atoms with Crippen LogP contribution in [0, 0.1) is 10.1 Å². The predicted molar refractivity (Wildman–Crippen MR) is 92.3 cm³/mol. The molecule has 0 atom stereocenters. The van der Waals surface area contributed by atoms with Gasteiger partial charge in [0.1, 0.15) is 12.4 Å². The van der Waals surface area contributed by atoms with E-state index in [1.165, 1.54) is 15.9 Å². The largest absolute Gasteiger partial charge is 0.338 e. The second-order valence-corrected chi connectivity index (χ2v) is 6.35. The van der Waals surface area contributed by atoms with E-state index in [-0.39, 0.29) is 41.7 Å². The first-order valence-electron chi connectivity index (χ1n) is 8.09. The van der Waals surface area contributed by atoms with Gasteiger partial charge in [-0.2, -0.15) is 0 Å². The number of benzene rings is 1. The molecular formula is C16H15ClN4O6. The first-order valence-corrected chi connectivity index (χ1v) is 8.63. The van der Waals surface area contributed by atoms with E-state index in [0.717, 1.165) is 17.0 Å². The normalized spacial score (nSPS) is 16.6. The Morgan fingerprint density at radius 3 is 2.11 bits per heavy atom. The predicted octanol–water partition coefficient (Wildman–Crippen LogP) is 0.100. The minimum atomic E-state index is -0.733. The Hall–Kier alpha value is -3.01. The zero-order valence-corrected chi connectivity index (χ0v) is 14.8. The number of rotatable bonds is 4. The fourth-order valence-corrected chi connectivity index (χ4v) is 3.23. The molecule has 0 saturated carbocycles. The van der Waals surface area contributed by atoms with Crippen molar-refractivity contribution in [2.24, 2.45) is 0 Å². The van der Waals surface area contributed by atoms with Crippen molar-refractivity contribution in [3.05, 3.63) is 39.4 Å². The van der Waals surface area contributed by atoms with Crippen LogP contribution in [0.4, 0.5) is 5.69 Å². The van der Waals surface area contributed by atoms with Crippen LogP contribution in [0.3, 0.4) is 0 Å². The molecule has 0 spiro atoms. The van der Waals surface area contributed by atoms with E-state index < -0.39 is 29.2 Å². The van der Waals surface area contributed by atoms with Crippen LogP contribution >= 0.6 is 11.6 Å². The molecule has 0 bridgehead atoms. The Bertz CT molecular complexity index is 849. The molecule has 2 heterocycles. The number of alkyl halides is 1. The Balaban J connectivity index is 1.67. The number of nitro benzene ring substituents is 1. The number of hydrogen-bond acceptors (Lipinski definition) is 6. The molecule has 0 N–H and O–H groups in total. The third-order valence-corrected chi connectivity index (χ3v) is 4.79. The van der Waals surface area contributed by atoms with E-state index in [2.05, 4.69) is 0 Å². The maximum absolute atomic E-state index is 12.5. The summed E-state index contributed by atoms with van der Waals surface area (Å²) in [5.74, 6) is -2.17. The fraction of sp³-hybridized carbons (Fsp3) is 0.375. The van der Waals surface area contributed by atoms with Crippen molar-refractivity contribution >= 4 is 40.9 Å². The van der Waals surface area contributed by atoms with Gasteiger partial charge in [0.05, 0.1) is 16.1 Å². The summed E-state index contributed by atoms with van der Waals surface area (Å²) in [4.78, 5) is 62.8. The van der Waals surface area contributed by atoms with Crippen LogP contribution in [-0.2, 0) is 9.59 Å². The molecule has 11 heteroatoms. The molecule has 1 fully saturated rings. The van der Waals surface area contributed by atoms with Crippen molar-refractivity contribution in [3.8, 4) is 0 Å². The average Bonchev–Trinajstić information content (AvgIpc) is 2.91. The van der Waals surface area contributed by atoms with Crippen molar-refractivity contribution in [3.63, 3.8) is 0 Å². The highest BCUT2D eigenvalue weighted by molar-refractivity contribution is 6.27. The number of nitro groups is 1. The van der Waals surface area contributed by atoms with Crippen LogP contribution in [0.2, 0.25) is 0 Å². The van der Waals surface area contributed by atoms with E-state index in [0.29, 0.717) is 13.1 Å². The van der Waals surface area contributed by atoms with E-state index in [1.807, 2.05) is 0 Å². The van der Waals surface area contributed by atoms with Crippen molar-refractivity contribution in [2.75, 3.05) is 38.6 Å². The number of carbonyl (C=O) groups excluding carboxylic acids is 4. The summed E-state index contributed by atoms with van der Waals surface area (Å²) in [6.45, 7) is 0.743. The summed E-state index contributed by atoms with van der Waals surface area (Å²) in [5.41, 5.74) is -0.349. The second-order valence-electron chi connectivity index (χ2n) is 6.08. The van der Waals surface area contributed by atoms with Gasteiger partial charge in [-0.15, -0.1) is 11.6 Å². The van der Waals surface area contributed by atoms with Gasteiger partial charge in [-0.3, -0.25) is 34.2 Å². The van der Waals surface area contributed by atoms with Crippen molar-refractivity contribution in [2.45, 2.75) is 0 Å². The van der Waals surface area contributed by atoms with Gasteiger partial charge in [0, 0.05) is 38.3 Å². The second kappa shape index (κ2) is 7.31. The average molecular weight is 395 g/mol. The van der Waals surface area contributed by atoms with Gasteiger partial charge in [-0.1, -0.05) is 0 Å². The molecule has 0 aromatic heterocycles. The molecule has 3 rings (SSSR count). The Kier molecular flexibility index (Phi) is 5.08. The van der Waals surface area contributed by atoms with Gasteiger partial charge in [0.25, 0.3) is 17.5 Å². The highest BCUT2D eigenvalue weighted by Gasteiger charge is 2.38. The van der Waals surface area contributed by atoms with Gasteiger partial charge >= 0.3 is 0 Å². The lowest BCUT2D eigenvalue weighted by molar-refractivity contribution is -0.384. The monoisotopic (exact) mass is 394 g/mol. The van der Waals surface area contributed by atoms with Gasteiger partial charge in [0.15, 0.2) is 0 Å². The molecule has 2 aliphatic rings. The smallest absolute Gasteiger partial charge is 0.270 e. The third-order valence-electron chi connectivity index (χ3n) is 4.56. The number of imide groups is 1. The number of non-ortho nitro benzene ring substituents is 1. The van der Waals surface area contributed by atoms with Crippen molar-refractivity contribution in [1.82, 2.24) is 14.7 Å². The van der Waals surface area contributed by atoms with Crippen LogP contribution in [0.15, 0.2) is 18.2 Å². The first-order chi connectivity index (χ1) is 12.8. The molecule has 0 unspecified atom stereocenters. The lowest BCUT2D eigenvalue weighted by atomic mass is 10.1. The molecule has 1 aromatic rings. The van der Waals surface area contributed by atoms with Crippen LogP contribution in [0.25, 0.3) is 0 Å². The highest BCUT2D eigenvalue weighted by Crippen LogP contribution is 2.26. The summed E-state index contributed by atoms with van der Waals surface area (Å²) in [7, 11) is 0. The van der Waals surface area contributed by atoms with E-state index in [1.54, 1.807) is 0 Å². The van der Waals surface area contributed by atoms with Gasteiger partial charge in [-0.25, -0.2) is 0 Å². The Labute approximate surface area is 158 Å². The van der Waals surface area contributed by atoms with Gasteiger partial charge < -0.3 is 9.80 Å². The summed E-state index contributed by atoms with van der Waals surface area (Å²) < 4.78 is 0. The molecule has 0 aliphatic carbocycles. The van der Waals surface area contributed by atoms with E-state index in [9.17, 15) is 29.3 Å². The lowest BCUT2D eigenvalue weighted by Gasteiger charge is -2.35. The quantitative estimate of drug-likeness (QED) is 0.309. The molecule has 1 saturated heterocycles. The highest BCUT2D eigenvalue weighted by atomic mass is 35.5. The molecule has 1 aromatic carbocycles. The lowest BCUT2D eigenvalue weighted by Crippen LogP contribution is -2.53. The number of halogens is 1. The summed E-state index contributed by atoms with van der Waals surface area (Å²) in [5, 5.41) is 10.8. The number of nitrogens with zero attached hydrogens (tertiary/aromatic N) is 4. The molecule has 0 radical (unpaired) electrons. The summed E-state index contributed by atoms with van der Waals surface area (Å²) in [6, 6.07) is 3.40. The number of piperazine rings is 1.